The first-order chi connectivity index (χ1) is 23.8. The monoisotopic (exact) mass is 680 g/mol. The van der Waals surface area contributed by atoms with E-state index >= 15 is 0 Å². The van der Waals surface area contributed by atoms with Crippen molar-refractivity contribution >= 4 is 11.8 Å². The number of aliphatic hydroxyl groups excluding tert-OH is 2. The van der Waals surface area contributed by atoms with Crippen LogP contribution in [0.25, 0.3) is 0 Å². The Morgan fingerprint density at radius 2 is 1.86 bits per heavy atom. The zero-order valence-electron chi connectivity index (χ0n) is 28.4. The second-order valence-electron chi connectivity index (χ2n) is 12.9. The summed E-state index contributed by atoms with van der Waals surface area (Å²) in [5.74, 6) is -1.86. The molecule has 1 fully saturated rings. The lowest BCUT2D eigenvalue weighted by molar-refractivity contribution is -0.256. The fourth-order valence-electron chi connectivity index (χ4n) is 8.01. The van der Waals surface area contributed by atoms with Crippen LogP contribution in [0.4, 0.5) is 9.18 Å². The average Bonchev–Trinajstić information content (AvgIpc) is 3.11. The van der Waals surface area contributed by atoms with Gasteiger partial charge in [-0.05, 0) is 85.9 Å². The summed E-state index contributed by atoms with van der Waals surface area (Å²) in [5, 5.41) is 34.8. The smallest absolute Gasteiger partial charge is 0.410 e. The topological polar surface area (TPSA) is 130 Å². The number of aromatic hydroxyl groups is 1. The number of halogens is 1. The molecule has 6 atom stereocenters. The van der Waals surface area contributed by atoms with E-state index in [1.165, 1.54) is 19.2 Å². The number of unbranched alkanes of at least 4 members (excludes halogenated alkanes) is 2. The second kappa shape index (κ2) is 16.7. The molecular formula is C38H49FN2O8. The summed E-state index contributed by atoms with van der Waals surface area (Å²) in [6, 6.07) is 10.2. The van der Waals surface area contributed by atoms with Crippen LogP contribution in [0.15, 0.2) is 71.9 Å². The Morgan fingerprint density at radius 3 is 2.53 bits per heavy atom. The van der Waals surface area contributed by atoms with Crippen molar-refractivity contribution in [3.05, 3.63) is 83.7 Å². The van der Waals surface area contributed by atoms with Gasteiger partial charge in [-0.1, -0.05) is 42.3 Å². The third-order valence-corrected chi connectivity index (χ3v) is 10.0. The quantitative estimate of drug-likeness (QED) is 0.105. The summed E-state index contributed by atoms with van der Waals surface area (Å²) in [6.45, 7) is 6.47. The molecule has 6 unspecified atom stereocenters. The van der Waals surface area contributed by atoms with Gasteiger partial charge in [0.1, 0.15) is 30.0 Å². The van der Waals surface area contributed by atoms with E-state index in [1.807, 2.05) is 6.92 Å². The average molecular weight is 681 g/mol. The molecule has 0 saturated heterocycles. The number of carbonyl (C=O) groups is 1. The minimum atomic E-state index is -1.46. The molecule has 0 radical (unpaired) electrons. The van der Waals surface area contributed by atoms with Gasteiger partial charge >= 0.3 is 6.09 Å². The van der Waals surface area contributed by atoms with Crippen LogP contribution in [0.2, 0.25) is 0 Å². The van der Waals surface area contributed by atoms with Gasteiger partial charge < -0.3 is 34.4 Å². The van der Waals surface area contributed by atoms with Crippen molar-refractivity contribution in [2.24, 2.45) is 22.9 Å². The van der Waals surface area contributed by atoms with E-state index in [-0.39, 0.29) is 62.1 Å². The number of rotatable bonds is 16. The molecule has 1 amide bonds. The van der Waals surface area contributed by atoms with Gasteiger partial charge in [0.05, 0.1) is 25.3 Å². The van der Waals surface area contributed by atoms with Gasteiger partial charge in [-0.3, -0.25) is 4.90 Å². The summed E-state index contributed by atoms with van der Waals surface area (Å²) in [7, 11) is 1.32. The zero-order valence-corrected chi connectivity index (χ0v) is 28.4. The molecule has 5 rings (SSSR count). The molecule has 1 aliphatic heterocycles. The van der Waals surface area contributed by atoms with E-state index in [0.717, 1.165) is 36.8 Å². The van der Waals surface area contributed by atoms with Gasteiger partial charge in [0, 0.05) is 37.7 Å². The molecule has 3 aliphatic rings. The third-order valence-electron chi connectivity index (χ3n) is 10.0. The maximum absolute atomic E-state index is 13.9. The lowest BCUT2D eigenvalue weighted by Gasteiger charge is -2.59. The summed E-state index contributed by atoms with van der Waals surface area (Å²) < 4.78 is 33.2. The molecule has 49 heavy (non-hydrogen) atoms. The SMILES string of the molecule is C=CCOC12Oc3ccc(O)cc3C3C(CCCCO)C(CCCCO)C=C(C(=NOCC)CC1N(Cc1ccc(F)cc1)C(=O)OC)C32. The molecule has 1 heterocycles. The third kappa shape index (κ3) is 7.64. The van der Waals surface area contributed by atoms with Gasteiger partial charge in [-0.15, -0.1) is 6.58 Å². The van der Waals surface area contributed by atoms with E-state index in [2.05, 4.69) is 17.8 Å². The Morgan fingerprint density at radius 1 is 1.12 bits per heavy atom. The highest BCUT2D eigenvalue weighted by Gasteiger charge is 2.65. The number of phenolic OH excluding ortho intramolecular Hbond substituents is 1. The number of allylic oxidation sites excluding steroid dienone is 1. The number of aliphatic hydroxyl groups is 2. The molecule has 2 aromatic rings. The second-order valence-corrected chi connectivity index (χ2v) is 12.9. The van der Waals surface area contributed by atoms with Crippen molar-refractivity contribution in [2.75, 3.05) is 33.5 Å². The summed E-state index contributed by atoms with van der Waals surface area (Å²) >= 11 is 0. The lowest BCUT2D eigenvalue weighted by atomic mass is 9.55. The van der Waals surface area contributed by atoms with Crippen LogP contribution in [-0.2, 0) is 20.9 Å². The van der Waals surface area contributed by atoms with Crippen LogP contribution in [0, 0.1) is 23.6 Å². The fraction of sp³-hybridized carbons (Fsp3) is 0.526. The molecule has 266 valence electrons. The molecule has 1 saturated carbocycles. The zero-order chi connectivity index (χ0) is 35.0. The number of methoxy groups -OCH3 is 1. The van der Waals surface area contributed by atoms with Gasteiger partial charge in [0.15, 0.2) is 0 Å². The summed E-state index contributed by atoms with van der Waals surface area (Å²) in [4.78, 5) is 21.1. The highest BCUT2D eigenvalue weighted by atomic mass is 19.1. The van der Waals surface area contributed by atoms with E-state index in [9.17, 15) is 24.5 Å². The number of carbonyl (C=O) groups excluding carboxylic acids is 1. The Bertz CT molecular complexity index is 1500. The fourth-order valence-corrected chi connectivity index (χ4v) is 8.01. The number of fused-ring (bicyclic) bond motifs is 2. The minimum absolute atomic E-state index is 0.0333. The summed E-state index contributed by atoms with van der Waals surface area (Å²) in [5.41, 5.74) is 3.06. The van der Waals surface area contributed by atoms with Crippen LogP contribution in [0.1, 0.15) is 68.9 Å². The predicted octanol–water partition coefficient (Wildman–Crippen LogP) is 6.45. The van der Waals surface area contributed by atoms with Crippen LogP contribution in [-0.4, -0.2) is 77.4 Å². The first-order valence-electron chi connectivity index (χ1n) is 17.3. The molecule has 0 bridgehead atoms. The summed E-state index contributed by atoms with van der Waals surface area (Å²) in [6.07, 6.45) is 7.98. The number of hydrogen-bond acceptors (Lipinski definition) is 9. The number of nitrogens with zero attached hydrogens (tertiary/aromatic N) is 2. The number of amides is 1. The van der Waals surface area contributed by atoms with E-state index < -0.39 is 23.8 Å². The van der Waals surface area contributed by atoms with Crippen molar-refractivity contribution in [3.8, 4) is 11.5 Å². The number of ether oxygens (including phenoxy) is 3. The normalized spacial score (nSPS) is 26.2. The van der Waals surface area contributed by atoms with E-state index in [1.54, 1.807) is 41.3 Å². The van der Waals surface area contributed by atoms with Gasteiger partial charge in [0.2, 0.25) is 5.79 Å². The molecular weight excluding hydrogens is 631 g/mol. The van der Waals surface area contributed by atoms with E-state index in [0.29, 0.717) is 36.5 Å². The van der Waals surface area contributed by atoms with Crippen molar-refractivity contribution in [1.29, 1.82) is 0 Å². The number of phenols is 1. The Hall–Kier alpha value is -3.93. The molecule has 11 heteroatoms. The van der Waals surface area contributed by atoms with Crippen LogP contribution in [0.3, 0.4) is 0 Å². The molecule has 2 aromatic carbocycles. The van der Waals surface area contributed by atoms with Crippen molar-refractivity contribution < 1.29 is 43.6 Å². The number of hydrogen-bond donors (Lipinski definition) is 3. The highest BCUT2D eigenvalue weighted by molar-refractivity contribution is 6.02. The Balaban J connectivity index is 1.77. The Labute approximate surface area is 287 Å². The predicted molar refractivity (Wildman–Crippen MR) is 183 cm³/mol. The van der Waals surface area contributed by atoms with Crippen LogP contribution in [0.5, 0.6) is 11.5 Å². The molecule has 2 aliphatic carbocycles. The Kier molecular flexibility index (Phi) is 12.4. The lowest BCUT2D eigenvalue weighted by Crippen LogP contribution is -2.70. The molecule has 0 aromatic heterocycles. The van der Waals surface area contributed by atoms with E-state index in [4.69, 9.17) is 19.0 Å². The van der Waals surface area contributed by atoms with Gasteiger partial charge in [-0.25, -0.2) is 9.18 Å². The number of benzene rings is 2. The van der Waals surface area contributed by atoms with Crippen molar-refractivity contribution in [3.63, 3.8) is 0 Å². The first-order valence-corrected chi connectivity index (χ1v) is 17.3. The van der Waals surface area contributed by atoms with Gasteiger partial charge in [-0.2, -0.15) is 0 Å². The maximum Gasteiger partial charge on any atom is 0.410 e. The van der Waals surface area contributed by atoms with Crippen molar-refractivity contribution in [2.45, 2.75) is 76.2 Å². The largest absolute Gasteiger partial charge is 0.508 e. The first kappa shape index (κ1) is 36.4. The molecule has 3 N–H and O–H groups in total. The van der Waals surface area contributed by atoms with Crippen LogP contribution >= 0.6 is 0 Å². The molecule has 10 nitrogen and oxygen atoms in total. The van der Waals surface area contributed by atoms with Crippen LogP contribution < -0.4 is 4.74 Å². The minimum Gasteiger partial charge on any atom is -0.508 e. The van der Waals surface area contributed by atoms with Gasteiger partial charge in [0.25, 0.3) is 0 Å². The molecule has 0 spiro atoms. The maximum atomic E-state index is 13.9. The standard InChI is InChI=1S/C38H49FN2O8/c1-4-20-47-38-34(41(37(45)46-3)24-25-12-14-27(39)15-13-25)23-32(40-48-5-2)30-21-26(10-6-8-18-42)29(11-7-9-19-43)35(36(30)38)31-22-28(44)16-17-33(31)49-38/h4,12-17,21-22,26,29,34-36,42-44H,1,5-11,18-20,23-24H2,2-3H3. The highest BCUT2D eigenvalue weighted by Crippen LogP contribution is 2.62. The van der Waals surface area contributed by atoms with Crippen molar-refractivity contribution in [1.82, 2.24) is 4.90 Å². The number of oxime groups is 1.